The third-order valence-corrected chi connectivity index (χ3v) is 4.54. The van der Waals surface area contributed by atoms with Crippen LogP contribution in [0.3, 0.4) is 0 Å². The molecule has 1 aromatic carbocycles. The van der Waals surface area contributed by atoms with Crippen LogP contribution in [-0.4, -0.2) is 46.0 Å². The number of carbonyl (C=O) groups excluding carboxylic acids is 2. The topological polar surface area (TPSA) is 89.4 Å². The van der Waals surface area contributed by atoms with Gasteiger partial charge < -0.3 is 10.1 Å². The Hall–Kier alpha value is -3.75. The Labute approximate surface area is 165 Å². The van der Waals surface area contributed by atoms with Crippen LogP contribution in [0.5, 0.6) is 0 Å². The lowest BCUT2D eigenvalue weighted by Crippen LogP contribution is -2.33. The Morgan fingerprint density at radius 3 is 2.76 bits per heavy atom. The van der Waals surface area contributed by atoms with Crippen LogP contribution >= 0.6 is 0 Å². The van der Waals surface area contributed by atoms with Crippen LogP contribution in [0.4, 0.5) is 14.9 Å². The fourth-order valence-electron chi connectivity index (χ4n) is 3.17. The number of hydrogen-bond acceptors (Lipinski definition) is 5. The molecule has 2 amide bonds. The maximum absolute atomic E-state index is 14.9. The van der Waals surface area contributed by atoms with E-state index in [9.17, 15) is 14.0 Å². The van der Waals surface area contributed by atoms with Gasteiger partial charge >= 0.3 is 6.09 Å². The number of carbonyl (C=O) groups is 2. The average molecular weight is 395 g/mol. The van der Waals surface area contributed by atoms with Gasteiger partial charge in [0.1, 0.15) is 11.8 Å². The number of cyclic esters (lactones) is 1. The van der Waals surface area contributed by atoms with Crippen molar-refractivity contribution < 1.29 is 18.7 Å². The zero-order valence-corrected chi connectivity index (χ0v) is 15.6. The van der Waals surface area contributed by atoms with Crippen molar-refractivity contribution in [3.8, 4) is 16.9 Å². The molecular formula is C20H18FN5O3. The monoisotopic (exact) mass is 395 g/mol. The van der Waals surface area contributed by atoms with Gasteiger partial charge in [0.25, 0.3) is 0 Å². The Morgan fingerprint density at radius 1 is 1.24 bits per heavy atom. The lowest BCUT2D eigenvalue weighted by Gasteiger charge is -2.15. The highest BCUT2D eigenvalue weighted by molar-refractivity contribution is 5.90. The Balaban J connectivity index is 1.58. The van der Waals surface area contributed by atoms with Crippen molar-refractivity contribution in [2.75, 3.05) is 18.0 Å². The Morgan fingerprint density at radius 2 is 2.03 bits per heavy atom. The zero-order chi connectivity index (χ0) is 20.4. The molecule has 0 bridgehead atoms. The second kappa shape index (κ2) is 7.70. The molecule has 1 aliphatic heterocycles. The van der Waals surface area contributed by atoms with Crippen LogP contribution in [0.15, 0.2) is 55.0 Å². The molecule has 0 spiro atoms. The molecule has 1 aliphatic rings. The quantitative estimate of drug-likeness (QED) is 0.717. The molecule has 148 valence electrons. The highest BCUT2D eigenvalue weighted by Gasteiger charge is 2.32. The number of aromatic nitrogens is 3. The van der Waals surface area contributed by atoms with Crippen LogP contribution in [0.2, 0.25) is 0 Å². The maximum Gasteiger partial charge on any atom is 0.414 e. The van der Waals surface area contributed by atoms with Crippen LogP contribution in [0.25, 0.3) is 16.9 Å². The molecular weight excluding hydrogens is 377 g/mol. The van der Waals surface area contributed by atoms with E-state index < -0.39 is 18.0 Å². The molecule has 3 aromatic rings. The number of ether oxygens (including phenoxy) is 1. The van der Waals surface area contributed by atoms with Crippen molar-refractivity contribution in [1.29, 1.82) is 0 Å². The van der Waals surface area contributed by atoms with Gasteiger partial charge in [0.05, 0.1) is 30.7 Å². The molecule has 3 heterocycles. The van der Waals surface area contributed by atoms with E-state index in [1.54, 1.807) is 36.8 Å². The number of halogens is 1. The lowest BCUT2D eigenvalue weighted by molar-refractivity contribution is -0.119. The van der Waals surface area contributed by atoms with Gasteiger partial charge in [-0.3, -0.25) is 14.7 Å². The van der Waals surface area contributed by atoms with Gasteiger partial charge in [-0.1, -0.05) is 0 Å². The number of amides is 2. The molecule has 2 aromatic heterocycles. The van der Waals surface area contributed by atoms with Gasteiger partial charge in [-0.05, 0) is 36.4 Å². The third kappa shape index (κ3) is 3.79. The molecule has 1 fully saturated rings. The van der Waals surface area contributed by atoms with E-state index in [1.165, 1.54) is 22.6 Å². The number of nitrogens with one attached hydrogen (secondary N) is 1. The van der Waals surface area contributed by atoms with Gasteiger partial charge in [0.15, 0.2) is 5.82 Å². The maximum atomic E-state index is 14.9. The molecule has 29 heavy (non-hydrogen) atoms. The first-order valence-electron chi connectivity index (χ1n) is 9.00. The number of rotatable bonds is 5. The first kappa shape index (κ1) is 18.6. The number of nitrogens with zero attached hydrogens (tertiary/aromatic N) is 4. The lowest BCUT2D eigenvalue weighted by atomic mass is 10.2. The standard InChI is InChI=1S/C20H18FN5O3/c1-13(27)23-11-16-12-25(20(28)29-16)15-2-3-19(17(21)10-15)26-18(6-9-24-26)14-4-7-22-8-5-14/h2-10,16H,11-12H2,1H3,(H,23,27). The summed E-state index contributed by atoms with van der Waals surface area (Å²) in [6.45, 7) is 1.82. The summed E-state index contributed by atoms with van der Waals surface area (Å²) in [5.74, 6) is -0.737. The SMILES string of the molecule is CC(=O)NCC1CN(c2ccc(-n3nccc3-c3ccncc3)c(F)c2)C(=O)O1. The minimum Gasteiger partial charge on any atom is -0.442 e. The molecule has 4 rings (SSSR count). The summed E-state index contributed by atoms with van der Waals surface area (Å²) in [6, 6.07) is 9.89. The van der Waals surface area contributed by atoms with E-state index in [1.807, 2.05) is 12.1 Å². The normalized spacial score (nSPS) is 16.0. The first-order valence-corrected chi connectivity index (χ1v) is 9.00. The molecule has 9 heteroatoms. The van der Waals surface area contributed by atoms with Crippen molar-refractivity contribution in [3.05, 3.63) is 60.8 Å². The van der Waals surface area contributed by atoms with Crippen molar-refractivity contribution in [1.82, 2.24) is 20.1 Å². The van der Waals surface area contributed by atoms with Gasteiger partial charge in [0.2, 0.25) is 5.91 Å². The van der Waals surface area contributed by atoms with Crippen LogP contribution in [-0.2, 0) is 9.53 Å². The molecule has 1 saturated heterocycles. The Kier molecular flexibility index (Phi) is 4.94. The second-order valence-corrected chi connectivity index (χ2v) is 6.55. The van der Waals surface area contributed by atoms with Gasteiger partial charge in [0, 0.05) is 24.9 Å². The smallest absolute Gasteiger partial charge is 0.414 e. The number of pyridine rings is 1. The van der Waals surface area contributed by atoms with E-state index in [-0.39, 0.29) is 24.7 Å². The van der Waals surface area contributed by atoms with Crippen LogP contribution in [0.1, 0.15) is 6.92 Å². The summed E-state index contributed by atoms with van der Waals surface area (Å²) in [5, 5.41) is 6.84. The molecule has 8 nitrogen and oxygen atoms in total. The van der Waals surface area contributed by atoms with Crippen molar-refractivity contribution in [2.45, 2.75) is 13.0 Å². The van der Waals surface area contributed by atoms with E-state index in [2.05, 4.69) is 15.4 Å². The first-order chi connectivity index (χ1) is 14.0. The highest BCUT2D eigenvalue weighted by atomic mass is 19.1. The molecule has 1 atom stereocenters. The minimum atomic E-state index is -0.580. The van der Waals surface area contributed by atoms with Crippen LogP contribution < -0.4 is 10.2 Å². The van der Waals surface area contributed by atoms with Crippen molar-refractivity contribution in [2.24, 2.45) is 0 Å². The second-order valence-electron chi connectivity index (χ2n) is 6.55. The summed E-state index contributed by atoms with van der Waals surface area (Å²) < 4.78 is 21.7. The summed E-state index contributed by atoms with van der Waals surface area (Å²) in [7, 11) is 0. The molecule has 1 unspecified atom stereocenters. The average Bonchev–Trinajstić information content (AvgIpc) is 3.33. The summed E-state index contributed by atoms with van der Waals surface area (Å²) in [5.41, 5.74) is 2.20. The highest BCUT2D eigenvalue weighted by Crippen LogP contribution is 2.28. The van der Waals surface area contributed by atoms with Gasteiger partial charge in [-0.25, -0.2) is 13.9 Å². The molecule has 0 saturated carbocycles. The third-order valence-electron chi connectivity index (χ3n) is 4.54. The van der Waals surface area contributed by atoms with E-state index in [4.69, 9.17) is 4.74 Å². The predicted molar refractivity (Wildman–Crippen MR) is 103 cm³/mol. The number of benzene rings is 1. The molecule has 0 radical (unpaired) electrons. The summed E-state index contributed by atoms with van der Waals surface area (Å²) in [6.07, 6.45) is 3.83. The van der Waals surface area contributed by atoms with E-state index in [0.717, 1.165) is 11.3 Å². The predicted octanol–water partition coefficient (Wildman–Crippen LogP) is 2.53. The Bertz CT molecular complexity index is 1050. The largest absolute Gasteiger partial charge is 0.442 e. The fraction of sp³-hybridized carbons (Fsp3) is 0.200. The summed E-state index contributed by atoms with van der Waals surface area (Å²) in [4.78, 5) is 28.5. The zero-order valence-electron chi connectivity index (χ0n) is 15.6. The number of anilines is 1. The van der Waals surface area contributed by atoms with Crippen LogP contribution in [0, 0.1) is 5.82 Å². The molecule has 0 aliphatic carbocycles. The van der Waals surface area contributed by atoms with Crippen molar-refractivity contribution >= 4 is 17.7 Å². The fourth-order valence-corrected chi connectivity index (χ4v) is 3.17. The number of hydrogen-bond donors (Lipinski definition) is 1. The van der Waals surface area contributed by atoms with Crippen molar-refractivity contribution in [3.63, 3.8) is 0 Å². The van der Waals surface area contributed by atoms with E-state index in [0.29, 0.717) is 5.69 Å². The van der Waals surface area contributed by atoms with E-state index >= 15 is 0 Å². The minimum absolute atomic E-state index is 0.209. The van der Waals surface area contributed by atoms with Gasteiger partial charge in [-0.15, -0.1) is 0 Å². The summed E-state index contributed by atoms with van der Waals surface area (Å²) >= 11 is 0. The molecule has 1 N–H and O–H groups in total. The van der Waals surface area contributed by atoms with Gasteiger partial charge in [-0.2, -0.15) is 5.10 Å².